The molecule has 100 valence electrons. The maximum absolute atomic E-state index is 12.7. The average Bonchev–Trinajstić information content (AvgIpc) is 2.92. The summed E-state index contributed by atoms with van der Waals surface area (Å²) < 4.78 is 0. The number of hydrogen-bond donors (Lipinski definition) is 1. The van der Waals surface area contributed by atoms with Gasteiger partial charge in [0, 0.05) is 0 Å². The molecule has 5 heteroatoms. The van der Waals surface area contributed by atoms with Gasteiger partial charge < -0.3 is 5.11 Å². The number of halogens is 1. The quantitative estimate of drug-likeness (QED) is 0.905. The summed E-state index contributed by atoms with van der Waals surface area (Å²) in [6.45, 7) is -0.322. The van der Waals surface area contributed by atoms with Crippen LogP contribution in [0.3, 0.4) is 0 Å². The molecule has 0 atom stereocenters. The first-order valence-corrected chi connectivity index (χ1v) is 6.77. The lowest BCUT2D eigenvalue weighted by Crippen LogP contribution is -2.41. The molecule has 1 amide bonds. The number of amides is 1. The fourth-order valence-corrected chi connectivity index (χ4v) is 3.68. The van der Waals surface area contributed by atoms with Crippen molar-refractivity contribution in [2.24, 2.45) is 0 Å². The maximum Gasteiger partial charge on any atom is 0.323 e. The van der Waals surface area contributed by atoms with E-state index in [2.05, 4.69) is 0 Å². The smallest absolute Gasteiger partial charge is 0.323 e. The molecule has 1 spiro atoms. The van der Waals surface area contributed by atoms with E-state index < -0.39 is 11.4 Å². The Morgan fingerprint density at radius 1 is 1.37 bits per heavy atom. The Hall–Kier alpha value is -1.55. The molecule has 0 radical (unpaired) electrons. The minimum absolute atomic E-state index is 0.101. The van der Waals surface area contributed by atoms with Gasteiger partial charge in [-0.3, -0.25) is 14.5 Å². The van der Waals surface area contributed by atoms with E-state index in [9.17, 15) is 9.59 Å². The number of aliphatic carboxylic acids is 1. The molecule has 0 bridgehead atoms. The minimum Gasteiger partial charge on any atom is -0.480 e. The number of carbonyl (C=O) groups excluding carboxylic acids is 1. The van der Waals surface area contributed by atoms with Crippen molar-refractivity contribution in [2.75, 3.05) is 11.4 Å². The largest absolute Gasteiger partial charge is 0.480 e. The number of benzene rings is 1. The standard InChI is InChI=1S/C14H14ClNO3/c15-10-5-3-4-9-12(10)16(8-11(17)18)13(19)14(9)6-1-2-7-14/h3-5H,1-2,6-8H2,(H,17,18). The number of anilines is 1. The summed E-state index contributed by atoms with van der Waals surface area (Å²) >= 11 is 6.19. The molecule has 19 heavy (non-hydrogen) atoms. The lowest BCUT2D eigenvalue weighted by Gasteiger charge is -2.22. The SMILES string of the molecule is O=C(O)CN1C(=O)C2(CCCC2)c2cccc(Cl)c21. The van der Waals surface area contributed by atoms with Crippen LogP contribution in [0, 0.1) is 0 Å². The number of hydrogen-bond acceptors (Lipinski definition) is 2. The van der Waals surface area contributed by atoms with Crippen LogP contribution in [0.4, 0.5) is 5.69 Å². The van der Waals surface area contributed by atoms with Crippen LogP contribution < -0.4 is 4.90 Å². The highest BCUT2D eigenvalue weighted by Crippen LogP contribution is 2.53. The predicted octanol–water partition coefficient (Wildman–Crippen LogP) is 2.58. The first-order valence-electron chi connectivity index (χ1n) is 6.39. The van der Waals surface area contributed by atoms with Gasteiger partial charge in [-0.05, 0) is 24.5 Å². The van der Waals surface area contributed by atoms with E-state index in [-0.39, 0.29) is 12.5 Å². The van der Waals surface area contributed by atoms with Crippen molar-refractivity contribution in [3.05, 3.63) is 28.8 Å². The van der Waals surface area contributed by atoms with Crippen LogP contribution in [-0.2, 0) is 15.0 Å². The van der Waals surface area contributed by atoms with Crippen LogP contribution in [0.5, 0.6) is 0 Å². The van der Waals surface area contributed by atoms with E-state index in [4.69, 9.17) is 16.7 Å². The summed E-state index contributed by atoms with van der Waals surface area (Å²) in [5.74, 6) is -1.12. The maximum atomic E-state index is 12.7. The van der Waals surface area contributed by atoms with Gasteiger partial charge in [-0.1, -0.05) is 36.6 Å². The molecule has 1 saturated carbocycles. The average molecular weight is 280 g/mol. The number of fused-ring (bicyclic) bond motifs is 2. The summed E-state index contributed by atoms with van der Waals surface area (Å²) in [6, 6.07) is 5.45. The summed E-state index contributed by atoms with van der Waals surface area (Å²) in [4.78, 5) is 25.0. The van der Waals surface area contributed by atoms with Crippen molar-refractivity contribution in [3.63, 3.8) is 0 Å². The van der Waals surface area contributed by atoms with Crippen LogP contribution in [-0.4, -0.2) is 23.5 Å². The third-order valence-corrected chi connectivity index (χ3v) is 4.48. The molecular weight excluding hydrogens is 266 g/mol. The number of carboxylic acid groups (broad SMARTS) is 1. The number of rotatable bonds is 2. The van der Waals surface area contributed by atoms with E-state index in [1.54, 1.807) is 6.07 Å². The van der Waals surface area contributed by atoms with Gasteiger partial charge in [0.1, 0.15) is 6.54 Å². The molecule has 3 rings (SSSR count). The van der Waals surface area contributed by atoms with Gasteiger partial charge in [0.15, 0.2) is 0 Å². The Morgan fingerprint density at radius 2 is 2.05 bits per heavy atom. The van der Waals surface area contributed by atoms with Crippen molar-refractivity contribution >= 4 is 29.2 Å². The highest BCUT2D eigenvalue weighted by atomic mass is 35.5. The Bertz CT molecular complexity index is 564. The molecule has 4 nitrogen and oxygen atoms in total. The normalized spacial score (nSPS) is 20.1. The van der Waals surface area contributed by atoms with Gasteiger partial charge >= 0.3 is 5.97 Å². The van der Waals surface area contributed by atoms with Crippen molar-refractivity contribution in [1.29, 1.82) is 0 Å². The van der Waals surface area contributed by atoms with Crippen molar-refractivity contribution in [2.45, 2.75) is 31.1 Å². The van der Waals surface area contributed by atoms with Gasteiger partial charge in [0.05, 0.1) is 16.1 Å². The Kier molecular flexibility index (Phi) is 2.78. The molecule has 1 fully saturated rings. The van der Waals surface area contributed by atoms with E-state index >= 15 is 0 Å². The molecule has 2 aliphatic rings. The molecule has 1 aliphatic heterocycles. The predicted molar refractivity (Wildman–Crippen MR) is 71.6 cm³/mol. The second-order valence-electron chi connectivity index (χ2n) is 5.21. The molecule has 0 unspecified atom stereocenters. The molecule has 1 aliphatic carbocycles. The van der Waals surface area contributed by atoms with Crippen molar-refractivity contribution < 1.29 is 14.7 Å². The van der Waals surface area contributed by atoms with Crippen molar-refractivity contribution in [1.82, 2.24) is 0 Å². The van der Waals surface area contributed by atoms with E-state index in [0.717, 1.165) is 31.2 Å². The van der Waals surface area contributed by atoms with E-state index in [0.29, 0.717) is 10.7 Å². The second-order valence-corrected chi connectivity index (χ2v) is 5.62. The Labute approximate surface area is 116 Å². The van der Waals surface area contributed by atoms with Crippen LogP contribution in [0.25, 0.3) is 0 Å². The first kappa shape index (κ1) is 12.5. The highest BCUT2D eigenvalue weighted by molar-refractivity contribution is 6.35. The number of nitrogens with zero attached hydrogens (tertiary/aromatic N) is 1. The first-order chi connectivity index (χ1) is 9.06. The minimum atomic E-state index is -1.02. The third-order valence-electron chi connectivity index (χ3n) is 4.18. The zero-order valence-electron chi connectivity index (χ0n) is 10.4. The lowest BCUT2D eigenvalue weighted by atomic mass is 9.80. The summed E-state index contributed by atoms with van der Waals surface area (Å²) in [6.07, 6.45) is 3.57. The molecule has 0 saturated heterocycles. The monoisotopic (exact) mass is 279 g/mol. The number of para-hydroxylation sites is 1. The second kappa shape index (κ2) is 4.23. The topological polar surface area (TPSA) is 57.6 Å². The van der Waals surface area contributed by atoms with Gasteiger partial charge in [-0.25, -0.2) is 0 Å². The van der Waals surface area contributed by atoms with Crippen LogP contribution in [0.1, 0.15) is 31.2 Å². The lowest BCUT2D eigenvalue weighted by molar-refractivity contribution is -0.137. The van der Waals surface area contributed by atoms with Crippen molar-refractivity contribution in [3.8, 4) is 0 Å². The fraction of sp³-hybridized carbons (Fsp3) is 0.429. The van der Waals surface area contributed by atoms with Gasteiger partial charge in [0.25, 0.3) is 0 Å². The van der Waals surface area contributed by atoms with Gasteiger partial charge in [-0.15, -0.1) is 0 Å². The third kappa shape index (κ3) is 1.66. The molecular formula is C14H14ClNO3. The summed E-state index contributed by atoms with van der Waals surface area (Å²) in [7, 11) is 0. The van der Waals surface area contributed by atoms with Crippen LogP contribution >= 0.6 is 11.6 Å². The van der Waals surface area contributed by atoms with E-state index in [1.165, 1.54) is 4.90 Å². The molecule has 0 aromatic heterocycles. The molecule has 1 heterocycles. The number of carbonyl (C=O) groups is 2. The van der Waals surface area contributed by atoms with Gasteiger partial charge in [0.2, 0.25) is 5.91 Å². The zero-order chi connectivity index (χ0) is 13.6. The summed E-state index contributed by atoms with van der Waals surface area (Å²) in [5, 5.41) is 9.46. The highest BCUT2D eigenvalue weighted by Gasteiger charge is 2.53. The fourth-order valence-electron chi connectivity index (χ4n) is 3.40. The molecule has 1 aromatic carbocycles. The summed E-state index contributed by atoms with van der Waals surface area (Å²) in [5.41, 5.74) is 0.970. The Morgan fingerprint density at radius 3 is 2.68 bits per heavy atom. The van der Waals surface area contributed by atoms with E-state index in [1.807, 2.05) is 12.1 Å². The van der Waals surface area contributed by atoms with Crippen LogP contribution in [0.2, 0.25) is 5.02 Å². The van der Waals surface area contributed by atoms with Gasteiger partial charge in [-0.2, -0.15) is 0 Å². The Balaban J connectivity index is 2.17. The zero-order valence-corrected chi connectivity index (χ0v) is 11.1. The van der Waals surface area contributed by atoms with Crippen LogP contribution in [0.15, 0.2) is 18.2 Å². The molecule has 1 aromatic rings. The molecule has 1 N–H and O–H groups in total. The number of carboxylic acids is 1.